The van der Waals surface area contributed by atoms with Gasteiger partial charge >= 0.3 is 6.09 Å². The molecule has 0 aliphatic heterocycles. The van der Waals surface area contributed by atoms with Crippen molar-refractivity contribution in [3.8, 4) is 5.88 Å². The number of amides is 2. The second kappa shape index (κ2) is 7.86. The quantitative estimate of drug-likeness (QED) is 0.711. The van der Waals surface area contributed by atoms with E-state index in [4.69, 9.17) is 9.47 Å². The van der Waals surface area contributed by atoms with Gasteiger partial charge in [0.15, 0.2) is 0 Å². The Hall–Kier alpha value is -3.09. The van der Waals surface area contributed by atoms with E-state index in [0.29, 0.717) is 18.7 Å². The summed E-state index contributed by atoms with van der Waals surface area (Å²) >= 11 is 0. The molecule has 1 fully saturated rings. The van der Waals surface area contributed by atoms with E-state index in [-0.39, 0.29) is 18.7 Å². The fourth-order valence-electron chi connectivity index (χ4n) is 2.86. The normalized spacial score (nSPS) is 17.9. The number of methoxy groups -OCH3 is 1. The molecule has 136 valence electrons. The molecule has 1 aliphatic carbocycles. The summed E-state index contributed by atoms with van der Waals surface area (Å²) in [7, 11) is 3.47. The Morgan fingerprint density at radius 2 is 2.04 bits per heavy atom. The van der Waals surface area contributed by atoms with Crippen LogP contribution < -0.4 is 9.64 Å². The van der Waals surface area contributed by atoms with Crippen LogP contribution in [-0.2, 0) is 16.1 Å². The number of hydrogen-bond acceptors (Lipinski definition) is 6. The minimum atomic E-state index is -0.628. The fraction of sp³-hybridized carbons (Fsp3) is 0.316. The fourth-order valence-corrected chi connectivity index (χ4v) is 2.86. The van der Waals surface area contributed by atoms with Gasteiger partial charge in [-0.15, -0.1) is 0 Å². The first-order valence-electron chi connectivity index (χ1n) is 8.31. The summed E-state index contributed by atoms with van der Waals surface area (Å²) in [5, 5.41) is 0. The number of carbonyl (C=O) groups is 2. The van der Waals surface area contributed by atoms with Gasteiger partial charge in [-0.3, -0.25) is 4.79 Å². The van der Waals surface area contributed by atoms with Crippen LogP contribution in [0.25, 0.3) is 0 Å². The molecule has 2 aromatic rings. The summed E-state index contributed by atoms with van der Waals surface area (Å²) in [5.41, 5.74) is 1.79. The van der Waals surface area contributed by atoms with Gasteiger partial charge in [0.2, 0.25) is 12.3 Å². The third-order valence-electron chi connectivity index (χ3n) is 4.44. The molecule has 0 spiro atoms. The lowest BCUT2D eigenvalue weighted by molar-refractivity contribution is -0.117. The third kappa shape index (κ3) is 3.93. The Morgan fingerprint density at radius 3 is 2.73 bits per heavy atom. The van der Waals surface area contributed by atoms with E-state index in [2.05, 4.69) is 4.98 Å². The molecule has 3 rings (SSSR count). The van der Waals surface area contributed by atoms with Gasteiger partial charge in [0.1, 0.15) is 6.61 Å². The van der Waals surface area contributed by atoms with Crippen LogP contribution in [0, 0.1) is 0 Å². The summed E-state index contributed by atoms with van der Waals surface area (Å²) in [6.45, 7) is 0.138. The van der Waals surface area contributed by atoms with Crippen molar-refractivity contribution in [2.24, 2.45) is 0 Å². The van der Waals surface area contributed by atoms with Crippen LogP contribution in [0.4, 0.5) is 10.5 Å². The van der Waals surface area contributed by atoms with Gasteiger partial charge in [0.25, 0.3) is 0 Å². The summed E-state index contributed by atoms with van der Waals surface area (Å²) in [6.07, 6.45) is 2.27. The van der Waals surface area contributed by atoms with Crippen LogP contribution >= 0.6 is 0 Å². The number of imide groups is 1. The van der Waals surface area contributed by atoms with Crippen LogP contribution in [0.5, 0.6) is 5.88 Å². The molecule has 1 saturated carbocycles. The maximum Gasteiger partial charge on any atom is 0.416 e. The Bertz CT molecular complexity index is 768. The van der Waals surface area contributed by atoms with E-state index in [9.17, 15) is 9.59 Å². The zero-order valence-corrected chi connectivity index (χ0v) is 14.7. The van der Waals surface area contributed by atoms with Crippen molar-refractivity contribution in [2.75, 3.05) is 19.1 Å². The largest absolute Gasteiger partial charge is 0.481 e. The molecule has 1 aliphatic rings. The molecule has 7 heteroatoms. The van der Waals surface area contributed by atoms with Gasteiger partial charge in [-0.1, -0.05) is 30.3 Å². The van der Waals surface area contributed by atoms with E-state index in [1.807, 2.05) is 54.4 Å². The van der Waals surface area contributed by atoms with E-state index in [1.54, 1.807) is 13.3 Å². The second-order valence-electron chi connectivity index (χ2n) is 6.09. The minimum Gasteiger partial charge on any atom is -0.481 e. The van der Waals surface area contributed by atoms with E-state index in [0.717, 1.165) is 16.2 Å². The first-order valence-corrected chi connectivity index (χ1v) is 8.31. The lowest BCUT2D eigenvalue weighted by Crippen LogP contribution is -2.37. The maximum atomic E-state index is 12.3. The highest BCUT2D eigenvalue weighted by Gasteiger charge is 2.47. The molecule has 7 nitrogen and oxygen atoms in total. The van der Waals surface area contributed by atoms with Gasteiger partial charge in [0, 0.05) is 25.0 Å². The van der Waals surface area contributed by atoms with Crippen LogP contribution in [0.2, 0.25) is 0 Å². The Labute approximate surface area is 152 Å². The number of rotatable bonds is 7. The second-order valence-corrected chi connectivity index (χ2v) is 6.09. The smallest absolute Gasteiger partial charge is 0.416 e. The number of carbonyl (C=O) groups excluding carboxylic acids is 2. The molecule has 0 radical (unpaired) electrons. The lowest BCUT2D eigenvalue weighted by atomic mass is 10.2. The van der Waals surface area contributed by atoms with Crippen LogP contribution in [-0.4, -0.2) is 48.6 Å². The SMILES string of the molecule is COc1cc(N(C)C2CC2N(C=O)C(=O)OCc2ccccc2)ccn1. The molecule has 1 aromatic carbocycles. The highest BCUT2D eigenvalue weighted by atomic mass is 16.6. The summed E-state index contributed by atoms with van der Waals surface area (Å²) in [4.78, 5) is 30.9. The number of hydrogen-bond donors (Lipinski definition) is 0. The van der Waals surface area contributed by atoms with Crippen LogP contribution in [0.15, 0.2) is 48.7 Å². The number of benzene rings is 1. The van der Waals surface area contributed by atoms with E-state index in [1.165, 1.54) is 0 Å². The molecule has 2 amide bonds. The molecule has 2 unspecified atom stereocenters. The first-order chi connectivity index (χ1) is 12.6. The van der Waals surface area contributed by atoms with Crippen molar-refractivity contribution in [3.63, 3.8) is 0 Å². The number of anilines is 1. The third-order valence-corrected chi connectivity index (χ3v) is 4.44. The van der Waals surface area contributed by atoms with Crippen molar-refractivity contribution in [2.45, 2.75) is 25.1 Å². The van der Waals surface area contributed by atoms with Gasteiger partial charge < -0.3 is 14.4 Å². The molecule has 1 aromatic heterocycles. The van der Waals surface area contributed by atoms with Crippen molar-refractivity contribution in [1.82, 2.24) is 9.88 Å². The average molecular weight is 355 g/mol. The standard InChI is InChI=1S/C19H21N3O4/c1-21(15-8-9-20-18(10-15)25-2)16-11-17(16)22(13-23)19(24)26-12-14-6-4-3-5-7-14/h3-10,13,16-17H,11-12H2,1-2H3. The number of pyridine rings is 1. The van der Waals surface area contributed by atoms with Gasteiger partial charge in [-0.05, 0) is 18.1 Å². The number of nitrogens with zero attached hydrogens (tertiary/aromatic N) is 3. The highest BCUT2D eigenvalue weighted by Crippen LogP contribution is 2.35. The monoisotopic (exact) mass is 355 g/mol. The van der Waals surface area contributed by atoms with Gasteiger partial charge in [-0.25, -0.2) is 14.7 Å². The number of ether oxygens (including phenoxy) is 2. The summed E-state index contributed by atoms with van der Waals surface area (Å²) in [5.74, 6) is 0.515. The van der Waals surface area contributed by atoms with Crippen molar-refractivity contribution >= 4 is 18.2 Å². The van der Waals surface area contributed by atoms with Crippen molar-refractivity contribution < 1.29 is 19.1 Å². The first kappa shape index (κ1) is 17.7. The predicted octanol–water partition coefficient (Wildman–Crippen LogP) is 2.46. The average Bonchev–Trinajstić information content (AvgIpc) is 3.47. The Morgan fingerprint density at radius 1 is 1.27 bits per heavy atom. The van der Waals surface area contributed by atoms with Crippen molar-refractivity contribution in [3.05, 3.63) is 54.2 Å². The Balaban J connectivity index is 1.59. The summed E-state index contributed by atoms with van der Waals surface area (Å²) < 4.78 is 10.4. The minimum absolute atomic E-state index is 0.0385. The molecule has 0 bridgehead atoms. The van der Waals surface area contributed by atoms with Crippen LogP contribution in [0.3, 0.4) is 0 Å². The van der Waals surface area contributed by atoms with Crippen LogP contribution in [0.1, 0.15) is 12.0 Å². The number of aromatic nitrogens is 1. The molecule has 2 atom stereocenters. The predicted molar refractivity (Wildman–Crippen MR) is 95.9 cm³/mol. The molecular formula is C19H21N3O4. The van der Waals surface area contributed by atoms with E-state index < -0.39 is 6.09 Å². The Kier molecular flexibility index (Phi) is 5.36. The zero-order chi connectivity index (χ0) is 18.5. The topological polar surface area (TPSA) is 72.0 Å². The lowest BCUT2D eigenvalue weighted by Gasteiger charge is -2.22. The van der Waals surface area contributed by atoms with Gasteiger partial charge in [0.05, 0.1) is 19.2 Å². The molecular weight excluding hydrogens is 334 g/mol. The molecule has 26 heavy (non-hydrogen) atoms. The highest BCUT2D eigenvalue weighted by molar-refractivity contribution is 5.81. The maximum absolute atomic E-state index is 12.3. The van der Waals surface area contributed by atoms with Gasteiger partial charge in [-0.2, -0.15) is 0 Å². The van der Waals surface area contributed by atoms with Crippen molar-refractivity contribution in [1.29, 1.82) is 0 Å². The molecule has 0 saturated heterocycles. The molecule has 0 N–H and O–H groups in total. The summed E-state index contributed by atoms with van der Waals surface area (Å²) in [6, 6.07) is 12.9. The molecule has 1 heterocycles. The number of likely N-dealkylation sites (N-methyl/N-ethyl adjacent to an activating group) is 1. The van der Waals surface area contributed by atoms with E-state index >= 15 is 0 Å². The zero-order valence-electron chi connectivity index (χ0n) is 14.7.